The maximum atomic E-state index is 11.9. The van der Waals surface area contributed by atoms with Crippen molar-refractivity contribution >= 4 is 23.9 Å². The van der Waals surface area contributed by atoms with Gasteiger partial charge < -0.3 is 14.9 Å². The molecule has 2 aromatic carbocycles. The Morgan fingerprint density at radius 1 is 1.04 bits per heavy atom. The number of aliphatic imine (C=N–C) groups is 1. The quantitative estimate of drug-likeness (QED) is 0.670. The molecule has 0 unspecified atom stereocenters. The lowest BCUT2D eigenvalue weighted by atomic mass is 10.1. The summed E-state index contributed by atoms with van der Waals surface area (Å²) in [5.74, 6) is -1.34. The molecule has 2 aromatic rings. The number of nitrogens with zero attached hydrogens (tertiary/aromatic N) is 1. The van der Waals surface area contributed by atoms with Gasteiger partial charge in [-0.05, 0) is 48.0 Å². The van der Waals surface area contributed by atoms with Crippen LogP contribution in [0.1, 0.15) is 21.5 Å². The predicted molar refractivity (Wildman–Crippen MR) is 82.1 cm³/mol. The molecule has 1 aliphatic heterocycles. The van der Waals surface area contributed by atoms with Gasteiger partial charge in [0.05, 0.1) is 5.56 Å². The van der Waals surface area contributed by atoms with Gasteiger partial charge in [-0.3, -0.25) is 0 Å². The maximum absolute atomic E-state index is 11.9. The fourth-order valence-corrected chi connectivity index (χ4v) is 2.02. The summed E-state index contributed by atoms with van der Waals surface area (Å²) in [5, 5.41) is 18.1. The monoisotopic (exact) mass is 309 g/mol. The number of carboxylic acids is 1. The number of esters is 1. The van der Waals surface area contributed by atoms with Gasteiger partial charge in [-0.1, -0.05) is 12.1 Å². The number of aromatic hydroxyl groups is 1. The summed E-state index contributed by atoms with van der Waals surface area (Å²) in [6, 6.07) is 12.2. The molecule has 3 rings (SSSR count). The van der Waals surface area contributed by atoms with E-state index in [2.05, 4.69) is 4.99 Å². The van der Waals surface area contributed by atoms with Crippen LogP contribution in [0.5, 0.6) is 5.75 Å². The molecule has 0 bridgehead atoms. The van der Waals surface area contributed by atoms with E-state index in [1.54, 1.807) is 24.3 Å². The Kier molecular flexibility index (Phi) is 3.64. The van der Waals surface area contributed by atoms with Crippen LogP contribution in [-0.4, -0.2) is 28.0 Å². The van der Waals surface area contributed by atoms with E-state index in [-0.39, 0.29) is 22.9 Å². The third-order valence-corrected chi connectivity index (χ3v) is 3.20. The highest BCUT2D eigenvalue weighted by atomic mass is 16.6. The summed E-state index contributed by atoms with van der Waals surface area (Å²) in [5.41, 5.74) is 1.49. The van der Waals surface area contributed by atoms with E-state index in [1.165, 1.54) is 30.3 Å². The van der Waals surface area contributed by atoms with Crippen molar-refractivity contribution in [2.45, 2.75) is 0 Å². The second-order valence-electron chi connectivity index (χ2n) is 4.81. The van der Waals surface area contributed by atoms with Crippen LogP contribution in [0.25, 0.3) is 6.08 Å². The van der Waals surface area contributed by atoms with E-state index >= 15 is 0 Å². The lowest BCUT2D eigenvalue weighted by Crippen LogP contribution is -2.05. The summed E-state index contributed by atoms with van der Waals surface area (Å²) in [7, 11) is 0. The van der Waals surface area contributed by atoms with Gasteiger partial charge in [0.25, 0.3) is 0 Å². The number of aromatic carboxylic acids is 1. The molecule has 0 radical (unpaired) electrons. The molecular formula is C17H11NO5. The number of carbonyl (C=O) groups is 2. The third-order valence-electron chi connectivity index (χ3n) is 3.20. The number of hydrogen-bond acceptors (Lipinski definition) is 5. The van der Waals surface area contributed by atoms with Crippen molar-refractivity contribution in [3.8, 4) is 5.75 Å². The highest BCUT2D eigenvalue weighted by Gasteiger charge is 2.24. The van der Waals surface area contributed by atoms with Gasteiger partial charge in [-0.15, -0.1) is 0 Å². The number of phenolic OH excluding ortho intramolecular Hbond substituents is 1. The Bertz CT molecular complexity index is 832. The number of phenols is 1. The molecule has 1 aliphatic rings. The second kappa shape index (κ2) is 5.76. The molecule has 0 fully saturated rings. The Labute approximate surface area is 131 Å². The maximum Gasteiger partial charge on any atom is 0.363 e. The summed E-state index contributed by atoms with van der Waals surface area (Å²) < 4.78 is 5.10. The van der Waals surface area contributed by atoms with E-state index < -0.39 is 11.9 Å². The van der Waals surface area contributed by atoms with Crippen LogP contribution in [0.4, 0.5) is 0 Å². The van der Waals surface area contributed by atoms with E-state index in [0.717, 1.165) is 0 Å². The normalized spacial score (nSPS) is 15.4. The molecule has 114 valence electrons. The number of benzene rings is 2. The van der Waals surface area contributed by atoms with Crippen LogP contribution >= 0.6 is 0 Å². The molecule has 0 saturated heterocycles. The SMILES string of the molecule is O=C1OC(c2ccc(O)cc2)=NC1=Cc1ccc(C(=O)O)cc1. The zero-order chi connectivity index (χ0) is 16.4. The van der Waals surface area contributed by atoms with Crippen molar-refractivity contribution in [3.05, 3.63) is 70.9 Å². The molecule has 0 atom stereocenters. The molecule has 0 aliphatic carbocycles. The number of cyclic esters (lactones) is 1. The van der Waals surface area contributed by atoms with Crippen molar-refractivity contribution in [3.63, 3.8) is 0 Å². The lowest BCUT2D eigenvalue weighted by Gasteiger charge is -1.98. The fraction of sp³-hybridized carbons (Fsp3) is 0. The van der Waals surface area contributed by atoms with E-state index in [4.69, 9.17) is 9.84 Å². The van der Waals surface area contributed by atoms with Crippen molar-refractivity contribution in [2.24, 2.45) is 4.99 Å². The third kappa shape index (κ3) is 3.11. The predicted octanol–water partition coefficient (Wildman–Crippen LogP) is 2.43. The summed E-state index contributed by atoms with van der Waals surface area (Å²) in [6.45, 7) is 0. The average molecular weight is 309 g/mol. The minimum atomic E-state index is -1.02. The number of carbonyl (C=O) groups excluding carboxylic acids is 1. The van der Waals surface area contributed by atoms with Gasteiger partial charge in [0.15, 0.2) is 5.70 Å². The van der Waals surface area contributed by atoms with Crippen molar-refractivity contribution in [1.82, 2.24) is 0 Å². The van der Waals surface area contributed by atoms with E-state index in [0.29, 0.717) is 11.1 Å². The van der Waals surface area contributed by atoms with Crippen molar-refractivity contribution in [1.29, 1.82) is 0 Å². The van der Waals surface area contributed by atoms with Gasteiger partial charge in [-0.2, -0.15) is 0 Å². The number of carboxylic acid groups (broad SMARTS) is 1. The van der Waals surface area contributed by atoms with Gasteiger partial charge in [0.2, 0.25) is 5.90 Å². The van der Waals surface area contributed by atoms with Crippen LogP contribution in [-0.2, 0) is 9.53 Å². The van der Waals surface area contributed by atoms with Crippen molar-refractivity contribution in [2.75, 3.05) is 0 Å². The number of hydrogen-bond donors (Lipinski definition) is 2. The molecule has 0 amide bonds. The van der Waals surface area contributed by atoms with Crippen LogP contribution in [0.2, 0.25) is 0 Å². The molecule has 0 saturated carbocycles. The van der Waals surface area contributed by atoms with Gasteiger partial charge >= 0.3 is 11.9 Å². The van der Waals surface area contributed by atoms with Crippen LogP contribution < -0.4 is 0 Å². The summed E-state index contributed by atoms with van der Waals surface area (Å²) in [4.78, 5) is 26.8. The van der Waals surface area contributed by atoms with Gasteiger partial charge in [-0.25, -0.2) is 14.6 Å². The van der Waals surface area contributed by atoms with E-state index in [9.17, 15) is 14.7 Å². The molecular weight excluding hydrogens is 298 g/mol. The highest BCUT2D eigenvalue weighted by Crippen LogP contribution is 2.20. The Balaban J connectivity index is 1.88. The first kappa shape index (κ1) is 14.5. The minimum Gasteiger partial charge on any atom is -0.508 e. The first-order valence-electron chi connectivity index (χ1n) is 6.68. The molecule has 6 heteroatoms. The molecule has 23 heavy (non-hydrogen) atoms. The smallest absolute Gasteiger partial charge is 0.363 e. The highest BCUT2D eigenvalue weighted by molar-refractivity contribution is 6.12. The first-order valence-corrected chi connectivity index (χ1v) is 6.68. The van der Waals surface area contributed by atoms with Crippen LogP contribution in [0.3, 0.4) is 0 Å². The van der Waals surface area contributed by atoms with Crippen molar-refractivity contribution < 1.29 is 24.5 Å². The Morgan fingerprint density at radius 2 is 1.70 bits per heavy atom. The Morgan fingerprint density at radius 3 is 2.30 bits per heavy atom. The average Bonchev–Trinajstić information content (AvgIpc) is 2.89. The van der Waals surface area contributed by atoms with Gasteiger partial charge in [0, 0.05) is 5.56 Å². The van der Waals surface area contributed by atoms with Crippen LogP contribution in [0, 0.1) is 0 Å². The Hall–Kier alpha value is -3.41. The second-order valence-corrected chi connectivity index (χ2v) is 4.81. The molecule has 0 spiro atoms. The lowest BCUT2D eigenvalue weighted by molar-refractivity contribution is -0.129. The largest absolute Gasteiger partial charge is 0.508 e. The zero-order valence-electron chi connectivity index (χ0n) is 11.8. The van der Waals surface area contributed by atoms with Gasteiger partial charge in [0.1, 0.15) is 5.75 Å². The fourth-order valence-electron chi connectivity index (χ4n) is 2.02. The molecule has 2 N–H and O–H groups in total. The number of ether oxygens (including phenoxy) is 1. The van der Waals surface area contributed by atoms with E-state index in [1.807, 2.05) is 0 Å². The van der Waals surface area contributed by atoms with Crippen LogP contribution in [0.15, 0.2) is 59.2 Å². The molecule has 0 aromatic heterocycles. The molecule has 6 nitrogen and oxygen atoms in total. The minimum absolute atomic E-state index is 0.105. The summed E-state index contributed by atoms with van der Waals surface area (Å²) in [6.07, 6.45) is 1.52. The number of rotatable bonds is 3. The summed E-state index contributed by atoms with van der Waals surface area (Å²) >= 11 is 0. The zero-order valence-corrected chi connectivity index (χ0v) is 11.8. The first-order chi connectivity index (χ1) is 11.0. The molecule has 1 heterocycles. The standard InChI is InChI=1S/C17H11NO5/c19-13-7-5-11(6-8-13)15-18-14(17(22)23-15)9-10-1-3-12(4-2-10)16(20)21/h1-9,19H,(H,20,21). The topological polar surface area (TPSA) is 96.2 Å².